The Morgan fingerprint density at radius 3 is 2.56 bits per heavy atom. The van der Waals surface area contributed by atoms with E-state index in [-0.39, 0.29) is 5.91 Å². The predicted molar refractivity (Wildman–Crippen MR) is 102 cm³/mol. The molecule has 3 aromatic rings. The van der Waals surface area contributed by atoms with Crippen molar-refractivity contribution in [3.63, 3.8) is 0 Å². The van der Waals surface area contributed by atoms with Crippen LogP contribution in [0.3, 0.4) is 0 Å². The molecule has 0 unspecified atom stereocenters. The van der Waals surface area contributed by atoms with Crippen LogP contribution in [-0.4, -0.2) is 27.1 Å². The second-order valence-corrected chi connectivity index (χ2v) is 7.09. The van der Waals surface area contributed by atoms with Crippen LogP contribution in [0.2, 0.25) is 0 Å². The summed E-state index contributed by atoms with van der Waals surface area (Å²) in [6.07, 6.45) is 0.393. The molecule has 0 aliphatic heterocycles. The number of likely N-dealkylation sites (N-methyl/N-ethyl adjacent to an activating group) is 1. The molecular weight excluding hydrogens is 330 g/mol. The highest BCUT2D eigenvalue weighted by atomic mass is 32.1. The van der Waals surface area contributed by atoms with Crippen LogP contribution in [0.1, 0.15) is 28.8 Å². The summed E-state index contributed by atoms with van der Waals surface area (Å²) in [7, 11) is 0. The van der Waals surface area contributed by atoms with Crippen molar-refractivity contribution < 1.29 is 4.79 Å². The lowest BCUT2D eigenvalue weighted by Gasteiger charge is -2.20. The number of aryl methyl sites for hydroxylation is 1. The minimum Gasteiger partial charge on any atom is -0.338 e. The molecule has 0 N–H and O–H groups in total. The first-order chi connectivity index (χ1) is 12.1. The molecular formula is C20H23N3OS. The van der Waals surface area contributed by atoms with Gasteiger partial charge in [0.2, 0.25) is 5.91 Å². The van der Waals surface area contributed by atoms with Gasteiger partial charge in [0, 0.05) is 22.7 Å². The highest BCUT2D eigenvalue weighted by Crippen LogP contribution is 2.20. The molecule has 0 saturated heterocycles. The van der Waals surface area contributed by atoms with Crippen molar-refractivity contribution in [2.45, 2.75) is 33.7 Å². The number of hydrogen-bond acceptors (Lipinski definition) is 3. The fourth-order valence-electron chi connectivity index (χ4n) is 2.98. The number of benzene rings is 1. The summed E-state index contributed by atoms with van der Waals surface area (Å²) in [6.45, 7) is 7.42. The highest BCUT2D eigenvalue weighted by Gasteiger charge is 2.19. The number of carbonyl (C=O) groups is 1. The third-order valence-electron chi connectivity index (χ3n) is 4.43. The third-order valence-corrected chi connectivity index (χ3v) is 5.29. The number of thiophene rings is 1. The summed E-state index contributed by atoms with van der Waals surface area (Å²) >= 11 is 1.69. The Kier molecular flexibility index (Phi) is 5.34. The summed E-state index contributed by atoms with van der Waals surface area (Å²) < 4.78 is 1.92. The van der Waals surface area contributed by atoms with E-state index in [1.54, 1.807) is 11.3 Å². The van der Waals surface area contributed by atoms with Crippen molar-refractivity contribution in [3.8, 4) is 5.69 Å². The monoisotopic (exact) mass is 353 g/mol. The molecule has 130 valence electrons. The lowest BCUT2D eigenvalue weighted by atomic mass is 10.1. The van der Waals surface area contributed by atoms with E-state index in [0.717, 1.165) is 22.6 Å². The Bertz CT molecular complexity index is 837. The second kappa shape index (κ2) is 7.66. The van der Waals surface area contributed by atoms with Gasteiger partial charge in [0.25, 0.3) is 0 Å². The highest BCUT2D eigenvalue weighted by molar-refractivity contribution is 7.09. The zero-order valence-electron chi connectivity index (χ0n) is 14.9. The van der Waals surface area contributed by atoms with Gasteiger partial charge in [0.15, 0.2) is 0 Å². The fraction of sp³-hybridized carbons (Fsp3) is 0.300. The van der Waals surface area contributed by atoms with Crippen LogP contribution in [0.15, 0.2) is 47.8 Å². The number of amides is 1. The molecule has 0 atom stereocenters. The zero-order chi connectivity index (χ0) is 17.8. The maximum atomic E-state index is 12.8. The molecule has 2 aromatic heterocycles. The Hall–Kier alpha value is -2.40. The lowest BCUT2D eigenvalue weighted by molar-refractivity contribution is -0.130. The maximum absolute atomic E-state index is 12.8. The van der Waals surface area contributed by atoms with E-state index in [1.165, 1.54) is 4.88 Å². The third kappa shape index (κ3) is 3.82. The molecule has 0 spiro atoms. The zero-order valence-corrected chi connectivity index (χ0v) is 15.7. The average Bonchev–Trinajstić information content (AvgIpc) is 3.23. The van der Waals surface area contributed by atoms with E-state index in [0.29, 0.717) is 19.5 Å². The summed E-state index contributed by atoms with van der Waals surface area (Å²) in [6, 6.07) is 14.1. The van der Waals surface area contributed by atoms with Gasteiger partial charge < -0.3 is 4.90 Å². The van der Waals surface area contributed by atoms with Gasteiger partial charge in [-0.25, -0.2) is 4.68 Å². The summed E-state index contributed by atoms with van der Waals surface area (Å²) in [5.41, 5.74) is 4.00. The first-order valence-corrected chi connectivity index (χ1v) is 9.38. The molecule has 0 aliphatic carbocycles. The van der Waals surface area contributed by atoms with Gasteiger partial charge in [-0.3, -0.25) is 4.79 Å². The van der Waals surface area contributed by atoms with Gasteiger partial charge in [-0.1, -0.05) is 24.3 Å². The molecule has 4 nitrogen and oxygen atoms in total. The van der Waals surface area contributed by atoms with Crippen molar-refractivity contribution in [2.24, 2.45) is 0 Å². The van der Waals surface area contributed by atoms with Crippen molar-refractivity contribution >= 4 is 17.2 Å². The topological polar surface area (TPSA) is 38.1 Å². The van der Waals surface area contributed by atoms with Gasteiger partial charge in [0.1, 0.15) is 0 Å². The van der Waals surface area contributed by atoms with Gasteiger partial charge in [0.05, 0.1) is 24.3 Å². The molecule has 0 aliphatic rings. The van der Waals surface area contributed by atoms with Gasteiger partial charge in [-0.15, -0.1) is 11.3 Å². The number of rotatable bonds is 6. The number of aromatic nitrogens is 2. The van der Waals surface area contributed by atoms with Crippen LogP contribution in [0.5, 0.6) is 0 Å². The van der Waals surface area contributed by atoms with Crippen LogP contribution in [0, 0.1) is 13.8 Å². The number of carbonyl (C=O) groups excluding carboxylic acids is 1. The van der Waals surface area contributed by atoms with Gasteiger partial charge in [-0.05, 0) is 44.4 Å². The average molecular weight is 353 g/mol. The molecule has 0 radical (unpaired) electrons. The molecule has 5 heteroatoms. The predicted octanol–water partition coefficient (Wildman–Crippen LogP) is 4.14. The first kappa shape index (κ1) is 17.4. The minimum absolute atomic E-state index is 0.148. The Morgan fingerprint density at radius 2 is 1.92 bits per heavy atom. The SMILES string of the molecule is CCN(Cc1cccs1)C(=O)Cc1c(C)nn(-c2ccccc2)c1C. The van der Waals surface area contributed by atoms with Crippen LogP contribution in [0.25, 0.3) is 5.69 Å². The normalized spacial score (nSPS) is 10.8. The van der Waals surface area contributed by atoms with E-state index in [9.17, 15) is 4.79 Å². The van der Waals surface area contributed by atoms with Crippen molar-refractivity contribution in [2.75, 3.05) is 6.54 Å². The lowest BCUT2D eigenvalue weighted by Crippen LogP contribution is -2.31. The Morgan fingerprint density at radius 1 is 1.16 bits per heavy atom. The van der Waals surface area contributed by atoms with Gasteiger partial charge in [-0.2, -0.15) is 5.10 Å². The van der Waals surface area contributed by atoms with Crippen LogP contribution < -0.4 is 0 Å². The fourth-order valence-corrected chi connectivity index (χ4v) is 3.70. The van der Waals surface area contributed by atoms with Crippen LogP contribution in [-0.2, 0) is 17.8 Å². The summed E-state index contributed by atoms with van der Waals surface area (Å²) in [4.78, 5) is 15.9. The second-order valence-electron chi connectivity index (χ2n) is 6.06. The van der Waals surface area contributed by atoms with Crippen molar-refractivity contribution in [1.82, 2.24) is 14.7 Å². The summed E-state index contributed by atoms with van der Waals surface area (Å²) in [5, 5.41) is 6.69. The van der Waals surface area contributed by atoms with E-state index in [4.69, 9.17) is 0 Å². The largest absolute Gasteiger partial charge is 0.338 e. The molecule has 0 saturated carbocycles. The molecule has 1 aromatic carbocycles. The van der Waals surface area contributed by atoms with Crippen LogP contribution in [0.4, 0.5) is 0 Å². The maximum Gasteiger partial charge on any atom is 0.227 e. The van der Waals surface area contributed by atoms with E-state index in [2.05, 4.69) is 11.2 Å². The quantitative estimate of drug-likeness (QED) is 0.668. The molecule has 25 heavy (non-hydrogen) atoms. The van der Waals surface area contributed by atoms with E-state index < -0.39 is 0 Å². The number of hydrogen-bond donors (Lipinski definition) is 0. The molecule has 3 rings (SSSR count). The first-order valence-electron chi connectivity index (χ1n) is 8.50. The summed E-state index contributed by atoms with van der Waals surface area (Å²) in [5.74, 6) is 0.148. The molecule has 1 amide bonds. The van der Waals surface area contributed by atoms with Gasteiger partial charge >= 0.3 is 0 Å². The van der Waals surface area contributed by atoms with Crippen LogP contribution >= 0.6 is 11.3 Å². The Labute approximate surface area is 152 Å². The standard InChI is InChI=1S/C20H23N3OS/c1-4-22(14-18-11-8-12-25-18)20(24)13-19-15(2)21-23(16(19)3)17-9-6-5-7-10-17/h5-12H,4,13-14H2,1-3H3. The molecule has 0 fully saturated rings. The van der Waals surface area contributed by atoms with E-state index in [1.807, 2.05) is 72.1 Å². The van der Waals surface area contributed by atoms with Crippen molar-refractivity contribution in [3.05, 3.63) is 69.7 Å². The smallest absolute Gasteiger partial charge is 0.227 e. The Balaban J connectivity index is 1.80. The molecule has 0 bridgehead atoms. The number of para-hydroxylation sites is 1. The minimum atomic E-state index is 0.148. The molecule has 2 heterocycles. The van der Waals surface area contributed by atoms with E-state index >= 15 is 0 Å². The number of nitrogens with zero attached hydrogens (tertiary/aromatic N) is 3. The van der Waals surface area contributed by atoms with Crippen molar-refractivity contribution in [1.29, 1.82) is 0 Å².